The van der Waals surface area contributed by atoms with Crippen molar-refractivity contribution in [2.45, 2.75) is 20.4 Å². The highest BCUT2D eigenvalue weighted by Gasteiger charge is 2.13. The summed E-state index contributed by atoms with van der Waals surface area (Å²) in [6.07, 6.45) is 3.69. The molecule has 18 heavy (non-hydrogen) atoms. The number of rotatable bonds is 4. The monoisotopic (exact) mass is 284 g/mol. The quantitative estimate of drug-likeness (QED) is 0.838. The van der Waals surface area contributed by atoms with Crippen molar-refractivity contribution in [3.05, 3.63) is 34.6 Å². The van der Waals surface area contributed by atoms with Crippen LogP contribution in [0.2, 0.25) is 10.0 Å². The number of hydrogen-bond acceptors (Lipinski definition) is 2. The molecule has 3 nitrogen and oxygen atoms in total. The Morgan fingerprint density at radius 3 is 2.44 bits per heavy atom. The average Bonchev–Trinajstić information content (AvgIpc) is 2.81. The Kier molecular flexibility index (Phi) is 4.15. The first-order valence-corrected chi connectivity index (χ1v) is 6.56. The minimum atomic E-state index is 0.505. The fraction of sp³-hybridized carbons (Fsp3) is 0.308. The Morgan fingerprint density at radius 2 is 1.89 bits per heavy atom. The molecule has 0 amide bonds. The van der Waals surface area contributed by atoms with Crippen LogP contribution in [0.4, 0.5) is 0 Å². The molecule has 1 heterocycles. The van der Waals surface area contributed by atoms with Crippen LogP contribution in [0.5, 0.6) is 5.75 Å². The molecular formula is C13H14Cl2N2O. The minimum absolute atomic E-state index is 0.505. The van der Waals surface area contributed by atoms with E-state index < -0.39 is 0 Å². The molecule has 96 valence electrons. The van der Waals surface area contributed by atoms with Crippen LogP contribution in [0.3, 0.4) is 0 Å². The molecule has 0 atom stereocenters. The normalized spacial score (nSPS) is 10.7. The van der Waals surface area contributed by atoms with Gasteiger partial charge in [-0.05, 0) is 26.0 Å². The van der Waals surface area contributed by atoms with E-state index in [0.717, 1.165) is 17.9 Å². The first kappa shape index (κ1) is 13.2. The summed E-state index contributed by atoms with van der Waals surface area (Å²) in [5, 5.41) is 1.01. The number of aromatic nitrogens is 2. The van der Waals surface area contributed by atoms with Gasteiger partial charge in [0.15, 0.2) is 5.75 Å². The maximum absolute atomic E-state index is 6.18. The van der Waals surface area contributed by atoms with Crippen molar-refractivity contribution in [2.24, 2.45) is 0 Å². The number of imidazole rings is 1. The predicted molar refractivity (Wildman–Crippen MR) is 74.5 cm³/mol. The Balaban J connectivity index is 2.48. The van der Waals surface area contributed by atoms with E-state index >= 15 is 0 Å². The van der Waals surface area contributed by atoms with Gasteiger partial charge in [-0.15, -0.1) is 0 Å². The van der Waals surface area contributed by atoms with Gasteiger partial charge in [0.2, 0.25) is 0 Å². The van der Waals surface area contributed by atoms with Crippen LogP contribution < -0.4 is 4.74 Å². The second kappa shape index (κ2) is 5.63. The maximum atomic E-state index is 6.18. The zero-order valence-corrected chi connectivity index (χ0v) is 11.8. The summed E-state index contributed by atoms with van der Waals surface area (Å²) in [6, 6.07) is 3.65. The van der Waals surface area contributed by atoms with Crippen molar-refractivity contribution in [3.63, 3.8) is 0 Å². The lowest BCUT2D eigenvalue weighted by molar-refractivity contribution is 0.340. The van der Waals surface area contributed by atoms with E-state index in [2.05, 4.69) is 11.9 Å². The van der Waals surface area contributed by atoms with Gasteiger partial charge in [0.25, 0.3) is 0 Å². The molecule has 0 saturated heterocycles. The second-order valence-electron chi connectivity index (χ2n) is 3.74. The van der Waals surface area contributed by atoms with Crippen molar-refractivity contribution in [2.75, 3.05) is 6.61 Å². The van der Waals surface area contributed by atoms with Crippen LogP contribution in [0.15, 0.2) is 24.5 Å². The van der Waals surface area contributed by atoms with Crippen LogP contribution in [-0.2, 0) is 6.54 Å². The molecule has 0 bridgehead atoms. The highest BCUT2D eigenvalue weighted by Crippen LogP contribution is 2.37. The van der Waals surface area contributed by atoms with Crippen molar-refractivity contribution >= 4 is 23.2 Å². The van der Waals surface area contributed by atoms with Crippen LogP contribution in [0, 0.1) is 0 Å². The highest BCUT2D eigenvalue weighted by atomic mass is 35.5. The third-order valence-corrected chi connectivity index (χ3v) is 3.16. The molecule has 0 N–H and O–H groups in total. The number of aryl methyl sites for hydroxylation is 1. The molecule has 0 fully saturated rings. The van der Waals surface area contributed by atoms with E-state index in [-0.39, 0.29) is 0 Å². The van der Waals surface area contributed by atoms with Gasteiger partial charge in [-0.25, -0.2) is 4.98 Å². The van der Waals surface area contributed by atoms with E-state index in [1.165, 1.54) is 0 Å². The van der Waals surface area contributed by atoms with E-state index in [9.17, 15) is 0 Å². The number of ether oxygens (including phenoxy) is 1. The Hall–Kier alpha value is -1.19. The fourth-order valence-corrected chi connectivity index (χ4v) is 2.39. The minimum Gasteiger partial charge on any atom is -0.491 e. The topological polar surface area (TPSA) is 27.1 Å². The molecule has 0 aliphatic carbocycles. The zero-order chi connectivity index (χ0) is 13.1. The van der Waals surface area contributed by atoms with E-state index in [1.54, 1.807) is 6.20 Å². The second-order valence-corrected chi connectivity index (χ2v) is 4.55. The Labute approximate surface area is 116 Å². The summed E-state index contributed by atoms with van der Waals surface area (Å²) in [5.41, 5.74) is 0.889. The van der Waals surface area contributed by atoms with Gasteiger partial charge >= 0.3 is 0 Å². The molecule has 1 aromatic heterocycles. The van der Waals surface area contributed by atoms with Gasteiger partial charge in [-0.2, -0.15) is 0 Å². The average molecular weight is 285 g/mol. The van der Waals surface area contributed by atoms with Gasteiger partial charge < -0.3 is 9.30 Å². The van der Waals surface area contributed by atoms with E-state index in [1.807, 2.05) is 29.8 Å². The van der Waals surface area contributed by atoms with Crippen molar-refractivity contribution in [1.29, 1.82) is 0 Å². The molecule has 0 aliphatic heterocycles. The summed E-state index contributed by atoms with van der Waals surface area (Å²) in [6.45, 7) is 5.33. The summed E-state index contributed by atoms with van der Waals surface area (Å²) >= 11 is 12.4. The Bertz CT molecular complexity index is 529. The molecule has 5 heteroatoms. The maximum Gasteiger partial charge on any atom is 0.156 e. The van der Waals surface area contributed by atoms with E-state index in [4.69, 9.17) is 27.9 Å². The SMILES string of the molecule is CCOc1c(Cl)cc(-c2nccn2CC)cc1Cl. The third kappa shape index (κ3) is 2.47. The first-order chi connectivity index (χ1) is 8.67. The van der Waals surface area contributed by atoms with Crippen LogP contribution in [-0.4, -0.2) is 16.2 Å². The van der Waals surface area contributed by atoms with Crippen LogP contribution >= 0.6 is 23.2 Å². The lowest BCUT2D eigenvalue weighted by Gasteiger charge is -2.11. The van der Waals surface area contributed by atoms with Crippen molar-refractivity contribution in [1.82, 2.24) is 9.55 Å². The van der Waals surface area contributed by atoms with Gasteiger partial charge in [-0.1, -0.05) is 23.2 Å². The van der Waals surface area contributed by atoms with Gasteiger partial charge in [0.05, 0.1) is 16.7 Å². The van der Waals surface area contributed by atoms with Crippen LogP contribution in [0.25, 0.3) is 11.4 Å². The first-order valence-electron chi connectivity index (χ1n) is 5.80. The molecule has 2 rings (SSSR count). The smallest absolute Gasteiger partial charge is 0.156 e. The predicted octanol–water partition coefficient (Wildman–Crippen LogP) is 4.28. The summed E-state index contributed by atoms with van der Waals surface area (Å²) in [4.78, 5) is 4.32. The molecule has 2 aromatic rings. The van der Waals surface area contributed by atoms with Crippen molar-refractivity contribution < 1.29 is 4.74 Å². The number of nitrogens with zero attached hydrogens (tertiary/aromatic N) is 2. The molecule has 0 radical (unpaired) electrons. The lowest BCUT2D eigenvalue weighted by atomic mass is 10.2. The highest BCUT2D eigenvalue weighted by molar-refractivity contribution is 6.37. The summed E-state index contributed by atoms with van der Waals surface area (Å²) in [7, 11) is 0. The van der Waals surface area contributed by atoms with Crippen LogP contribution in [0.1, 0.15) is 13.8 Å². The summed E-state index contributed by atoms with van der Waals surface area (Å²) < 4.78 is 7.44. The fourth-order valence-electron chi connectivity index (χ4n) is 1.80. The molecule has 1 aromatic carbocycles. The summed E-state index contributed by atoms with van der Waals surface area (Å²) in [5.74, 6) is 1.38. The number of halogens is 2. The number of hydrogen-bond donors (Lipinski definition) is 0. The standard InChI is InChI=1S/C13H14Cl2N2O/c1-3-17-6-5-16-13(17)9-7-10(14)12(18-4-2)11(15)8-9/h5-8H,3-4H2,1-2H3. The molecule has 0 saturated carbocycles. The number of benzene rings is 1. The molecule has 0 spiro atoms. The van der Waals surface area contributed by atoms with Gasteiger partial charge in [0, 0.05) is 24.5 Å². The van der Waals surface area contributed by atoms with Crippen molar-refractivity contribution in [3.8, 4) is 17.1 Å². The Morgan fingerprint density at radius 1 is 1.22 bits per heavy atom. The van der Waals surface area contributed by atoms with Gasteiger partial charge in [0.1, 0.15) is 5.82 Å². The third-order valence-electron chi connectivity index (χ3n) is 2.60. The molecule has 0 unspecified atom stereocenters. The van der Waals surface area contributed by atoms with Gasteiger partial charge in [-0.3, -0.25) is 0 Å². The molecule has 0 aliphatic rings. The lowest BCUT2D eigenvalue weighted by Crippen LogP contribution is -1.98. The largest absolute Gasteiger partial charge is 0.491 e. The zero-order valence-electron chi connectivity index (χ0n) is 10.3. The van der Waals surface area contributed by atoms with E-state index in [0.29, 0.717) is 22.4 Å². The molecular weight excluding hydrogens is 271 g/mol.